The first-order valence-electron chi connectivity index (χ1n) is 3.61. The zero-order valence-electron chi connectivity index (χ0n) is 6.92. The zero-order valence-corrected chi connectivity index (χ0v) is 7.68. The summed E-state index contributed by atoms with van der Waals surface area (Å²) >= 11 is 5.63. The molecule has 0 aromatic carbocycles. The Morgan fingerprint density at radius 3 is 3.07 bits per heavy atom. The van der Waals surface area contributed by atoms with Gasteiger partial charge in [-0.25, -0.2) is 4.98 Å². The van der Waals surface area contributed by atoms with Gasteiger partial charge in [0.1, 0.15) is 6.42 Å². The number of aliphatic carboxylic acids is 1. The fourth-order valence-electron chi connectivity index (χ4n) is 0.724. The molecule has 3 nitrogen and oxygen atoms in total. The highest BCUT2D eigenvalue weighted by Crippen LogP contribution is 2.13. The second-order valence-corrected chi connectivity index (χ2v) is 2.77. The van der Waals surface area contributed by atoms with E-state index in [0.29, 0.717) is 0 Å². The molecule has 5 heteroatoms. The molecule has 0 saturated carbocycles. The maximum absolute atomic E-state index is 12.6. The van der Waals surface area contributed by atoms with Gasteiger partial charge >= 0.3 is 5.97 Å². The Bertz CT molecular complexity index is 423. The van der Waals surface area contributed by atoms with E-state index >= 15 is 0 Å². The Morgan fingerprint density at radius 2 is 2.43 bits per heavy atom. The Kier molecular flexibility index (Phi) is 3.43. The quantitative estimate of drug-likeness (QED) is 0.571. The Labute approximate surface area is 84.5 Å². The summed E-state index contributed by atoms with van der Waals surface area (Å²) in [4.78, 5) is 13.4. The van der Waals surface area contributed by atoms with E-state index in [1.54, 1.807) is 0 Å². The van der Waals surface area contributed by atoms with Crippen LogP contribution in [0, 0.1) is 17.8 Å². The van der Waals surface area contributed by atoms with Gasteiger partial charge in [0.2, 0.25) is 5.95 Å². The maximum atomic E-state index is 12.6. The number of rotatable bonds is 1. The summed E-state index contributed by atoms with van der Waals surface area (Å²) in [6.45, 7) is 0. The highest BCUT2D eigenvalue weighted by atomic mass is 35.5. The summed E-state index contributed by atoms with van der Waals surface area (Å²) < 4.78 is 12.6. The second kappa shape index (κ2) is 4.58. The number of hydrogen-bond acceptors (Lipinski definition) is 2. The largest absolute Gasteiger partial charge is 0.481 e. The van der Waals surface area contributed by atoms with E-state index in [2.05, 4.69) is 16.8 Å². The van der Waals surface area contributed by atoms with Crippen molar-refractivity contribution in [3.8, 4) is 11.8 Å². The molecule has 1 heterocycles. The predicted molar refractivity (Wildman–Crippen MR) is 48.3 cm³/mol. The van der Waals surface area contributed by atoms with Crippen LogP contribution >= 0.6 is 11.6 Å². The summed E-state index contributed by atoms with van der Waals surface area (Å²) in [5.41, 5.74) is 0.236. The summed E-state index contributed by atoms with van der Waals surface area (Å²) in [5.74, 6) is 3.04. The summed E-state index contributed by atoms with van der Waals surface area (Å²) in [6, 6.07) is 1.05. The van der Waals surface area contributed by atoms with Crippen LogP contribution in [0.15, 0.2) is 12.3 Å². The molecule has 1 rings (SSSR count). The first kappa shape index (κ1) is 10.5. The molecule has 0 unspecified atom stereocenters. The molecule has 0 saturated heterocycles. The van der Waals surface area contributed by atoms with Crippen molar-refractivity contribution in [2.24, 2.45) is 0 Å². The molecule has 0 spiro atoms. The lowest BCUT2D eigenvalue weighted by Gasteiger charge is -1.93. The van der Waals surface area contributed by atoms with Crippen LogP contribution in [0.4, 0.5) is 4.39 Å². The number of carboxylic acids is 1. The Hall–Kier alpha value is -1.60. The van der Waals surface area contributed by atoms with Crippen molar-refractivity contribution < 1.29 is 14.3 Å². The molecule has 0 fully saturated rings. The predicted octanol–water partition coefficient (Wildman–Crippen LogP) is 1.70. The van der Waals surface area contributed by atoms with Gasteiger partial charge in [-0.1, -0.05) is 23.4 Å². The topological polar surface area (TPSA) is 50.2 Å². The van der Waals surface area contributed by atoms with E-state index in [1.807, 2.05) is 0 Å². The number of carbonyl (C=O) groups is 1. The van der Waals surface area contributed by atoms with Gasteiger partial charge in [-0.15, -0.1) is 0 Å². The second-order valence-electron chi connectivity index (χ2n) is 2.36. The maximum Gasteiger partial charge on any atom is 0.315 e. The molecule has 0 amide bonds. The smallest absolute Gasteiger partial charge is 0.315 e. The van der Waals surface area contributed by atoms with E-state index in [4.69, 9.17) is 16.7 Å². The third kappa shape index (κ3) is 3.04. The van der Waals surface area contributed by atoms with Crippen molar-refractivity contribution >= 4 is 17.6 Å². The van der Waals surface area contributed by atoms with Gasteiger partial charge in [0.05, 0.1) is 5.02 Å². The molecule has 0 atom stereocenters. The molecule has 1 aromatic heterocycles. The van der Waals surface area contributed by atoms with Gasteiger partial charge in [-0.3, -0.25) is 4.79 Å². The third-order valence-corrected chi connectivity index (χ3v) is 1.59. The van der Waals surface area contributed by atoms with Crippen molar-refractivity contribution in [1.29, 1.82) is 0 Å². The van der Waals surface area contributed by atoms with Crippen molar-refractivity contribution in [1.82, 2.24) is 4.98 Å². The number of nitrogens with zero attached hydrogens (tertiary/aromatic N) is 1. The van der Waals surface area contributed by atoms with E-state index in [0.717, 1.165) is 12.3 Å². The Balaban J connectivity index is 2.88. The monoisotopic (exact) mass is 213 g/mol. The van der Waals surface area contributed by atoms with Gasteiger partial charge in [0.25, 0.3) is 0 Å². The molecule has 0 bridgehead atoms. The number of aromatic nitrogens is 1. The highest BCUT2D eigenvalue weighted by Gasteiger charge is 1.99. The van der Waals surface area contributed by atoms with Crippen molar-refractivity contribution in [2.75, 3.05) is 0 Å². The lowest BCUT2D eigenvalue weighted by molar-refractivity contribution is -0.135. The molecule has 0 aliphatic carbocycles. The first-order valence-corrected chi connectivity index (χ1v) is 3.99. The van der Waals surface area contributed by atoms with Gasteiger partial charge in [0.15, 0.2) is 0 Å². The fraction of sp³-hybridized carbons (Fsp3) is 0.111. The third-order valence-electron chi connectivity index (χ3n) is 1.28. The molecule has 0 radical (unpaired) electrons. The van der Waals surface area contributed by atoms with Crippen LogP contribution in [0.5, 0.6) is 0 Å². The molecular formula is C9H5ClFNO2. The molecule has 14 heavy (non-hydrogen) atoms. The summed E-state index contributed by atoms with van der Waals surface area (Å²) in [5, 5.41) is 8.49. The molecular weight excluding hydrogens is 209 g/mol. The number of carboxylic acid groups (broad SMARTS) is 1. The van der Waals surface area contributed by atoms with Gasteiger partial charge < -0.3 is 5.11 Å². The van der Waals surface area contributed by atoms with Crippen molar-refractivity contribution in [3.05, 3.63) is 28.8 Å². The average Bonchev–Trinajstić information content (AvgIpc) is 2.10. The SMILES string of the molecule is O=C(O)CC#Cc1cc(F)ncc1Cl. The van der Waals surface area contributed by atoms with Crippen LogP contribution in [-0.4, -0.2) is 16.1 Å². The van der Waals surface area contributed by atoms with Gasteiger partial charge in [0, 0.05) is 17.8 Å². The zero-order chi connectivity index (χ0) is 10.6. The van der Waals surface area contributed by atoms with E-state index in [-0.39, 0.29) is 17.0 Å². The van der Waals surface area contributed by atoms with Crippen LogP contribution in [0.3, 0.4) is 0 Å². The minimum Gasteiger partial charge on any atom is -0.481 e. The van der Waals surface area contributed by atoms with Gasteiger partial charge in [-0.2, -0.15) is 4.39 Å². The first-order chi connectivity index (χ1) is 6.59. The molecule has 0 aliphatic heterocycles. The van der Waals surface area contributed by atoms with Gasteiger partial charge in [-0.05, 0) is 0 Å². The number of hydrogen-bond donors (Lipinski definition) is 1. The number of halogens is 2. The minimum absolute atomic E-state index is 0.198. The highest BCUT2D eigenvalue weighted by molar-refractivity contribution is 6.31. The average molecular weight is 214 g/mol. The molecule has 0 aliphatic rings. The fourth-order valence-corrected chi connectivity index (χ4v) is 0.875. The molecule has 1 N–H and O–H groups in total. The number of pyridine rings is 1. The van der Waals surface area contributed by atoms with Crippen LogP contribution < -0.4 is 0 Å². The standard InChI is InChI=1S/C9H5ClFNO2/c10-7-5-12-8(11)4-6(7)2-1-3-9(13)14/h4-5H,3H2,(H,13,14). The van der Waals surface area contributed by atoms with Crippen molar-refractivity contribution in [3.63, 3.8) is 0 Å². The molecule has 1 aromatic rings. The summed E-state index contributed by atoms with van der Waals surface area (Å²) in [6.07, 6.45) is 0.821. The van der Waals surface area contributed by atoms with Crippen LogP contribution in [0.25, 0.3) is 0 Å². The van der Waals surface area contributed by atoms with Crippen LogP contribution in [0.2, 0.25) is 5.02 Å². The Morgan fingerprint density at radius 1 is 1.71 bits per heavy atom. The molecule has 72 valence electrons. The lowest BCUT2D eigenvalue weighted by Crippen LogP contribution is -1.91. The normalized spacial score (nSPS) is 9.00. The minimum atomic E-state index is -1.04. The van der Waals surface area contributed by atoms with Crippen molar-refractivity contribution in [2.45, 2.75) is 6.42 Å². The van der Waals surface area contributed by atoms with Crippen LogP contribution in [0.1, 0.15) is 12.0 Å². The lowest BCUT2D eigenvalue weighted by atomic mass is 10.2. The van der Waals surface area contributed by atoms with E-state index in [9.17, 15) is 9.18 Å². The van der Waals surface area contributed by atoms with Crippen LogP contribution in [-0.2, 0) is 4.79 Å². The van der Waals surface area contributed by atoms with E-state index < -0.39 is 11.9 Å². The summed E-state index contributed by atoms with van der Waals surface area (Å²) in [7, 11) is 0. The van der Waals surface area contributed by atoms with E-state index in [1.165, 1.54) is 0 Å².